The molecular weight excluding hydrogens is 264 g/mol. The van der Waals surface area contributed by atoms with Crippen LogP contribution in [0.5, 0.6) is 0 Å². The molecule has 0 aliphatic heterocycles. The van der Waals surface area contributed by atoms with Crippen molar-refractivity contribution in [2.24, 2.45) is 0 Å². The van der Waals surface area contributed by atoms with Crippen LogP contribution in [-0.4, -0.2) is 22.4 Å². The van der Waals surface area contributed by atoms with Crippen LogP contribution in [0.15, 0.2) is 48.8 Å². The molecule has 0 unspecified atom stereocenters. The van der Waals surface area contributed by atoms with Gasteiger partial charge in [0.05, 0.1) is 11.2 Å². The third kappa shape index (κ3) is 2.33. The number of nitrogens with one attached hydrogen (secondary N) is 1. The van der Waals surface area contributed by atoms with Gasteiger partial charge in [-0.2, -0.15) is 0 Å². The highest BCUT2D eigenvalue weighted by molar-refractivity contribution is 6.08. The largest absolute Gasteiger partial charge is 0.397 e. The topological polar surface area (TPSA) is 75.0 Å². The van der Waals surface area contributed by atoms with Crippen LogP contribution in [0.1, 0.15) is 17.4 Å². The molecule has 0 saturated heterocycles. The van der Waals surface area contributed by atoms with E-state index in [1.54, 1.807) is 17.3 Å². The molecule has 0 radical (unpaired) electrons. The SMILES string of the molecule is CCN(C(=O)c1cc2cccc(N)c2[nH]1)c1ccncc1. The van der Waals surface area contributed by atoms with Gasteiger partial charge in [-0.15, -0.1) is 0 Å². The number of anilines is 2. The van der Waals surface area contributed by atoms with Crippen LogP contribution in [0.3, 0.4) is 0 Å². The zero-order chi connectivity index (χ0) is 14.8. The van der Waals surface area contributed by atoms with E-state index in [0.717, 1.165) is 16.6 Å². The van der Waals surface area contributed by atoms with Gasteiger partial charge in [0.15, 0.2) is 0 Å². The quantitative estimate of drug-likeness (QED) is 0.724. The molecule has 5 heteroatoms. The molecule has 21 heavy (non-hydrogen) atoms. The molecule has 2 heterocycles. The van der Waals surface area contributed by atoms with Crippen molar-refractivity contribution in [3.05, 3.63) is 54.5 Å². The van der Waals surface area contributed by atoms with Crippen LogP contribution in [0.2, 0.25) is 0 Å². The van der Waals surface area contributed by atoms with Crippen molar-refractivity contribution in [2.45, 2.75) is 6.92 Å². The summed E-state index contributed by atoms with van der Waals surface area (Å²) in [6.07, 6.45) is 3.35. The number of nitrogens with zero attached hydrogens (tertiary/aromatic N) is 2. The summed E-state index contributed by atoms with van der Waals surface area (Å²) in [6, 6.07) is 11.1. The number of fused-ring (bicyclic) bond motifs is 1. The zero-order valence-corrected chi connectivity index (χ0v) is 11.7. The van der Waals surface area contributed by atoms with Crippen molar-refractivity contribution in [3.8, 4) is 0 Å². The second kappa shape index (κ2) is 5.28. The Balaban J connectivity index is 2.01. The Morgan fingerprint density at radius 1 is 1.29 bits per heavy atom. The number of amides is 1. The Morgan fingerprint density at radius 3 is 2.71 bits per heavy atom. The molecule has 0 saturated carbocycles. The van der Waals surface area contributed by atoms with Crippen molar-refractivity contribution in [1.29, 1.82) is 0 Å². The van der Waals surface area contributed by atoms with Gasteiger partial charge < -0.3 is 15.6 Å². The third-order valence-corrected chi connectivity index (χ3v) is 3.45. The number of nitrogens with two attached hydrogens (primary N) is 1. The predicted molar refractivity (Wildman–Crippen MR) is 84.3 cm³/mol. The molecule has 0 spiro atoms. The lowest BCUT2D eigenvalue weighted by Gasteiger charge is -2.19. The van der Waals surface area contributed by atoms with E-state index < -0.39 is 0 Å². The number of para-hydroxylation sites is 1. The lowest BCUT2D eigenvalue weighted by Crippen LogP contribution is -2.30. The first-order chi connectivity index (χ1) is 10.2. The van der Waals surface area contributed by atoms with Crippen LogP contribution in [0.4, 0.5) is 11.4 Å². The normalized spacial score (nSPS) is 10.7. The van der Waals surface area contributed by atoms with Crippen LogP contribution in [0, 0.1) is 0 Å². The Labute approximate surface area is 122 Å². The Hall–Kier alpha value is -2.82. The first kappa shape index (κ1) is 13.2. The van der Waals surface area contributed by atoms with Gasteiger partial charge in [-0.25, -0.2) is 0 Å². The smallest absolute Gasteiger partial charge is 0.274 e. The van der Waals surface area contributed by atoms with Gasteiger partial charge in [0, 0.05) is 30.0 Å². The predicted octanol–water partition coefficient (Wildman–Crippen LogP) is 2.81. The lowest BCUT2D eigenvalue weighted by molar-refractivity contribution is 0.0984. The highest BCUT2D eigenvalue weighted by Gasteiger charge is 2.18. The number of H-pyrrole nitrogens is 1. The molecule has 3 N–H and O–H groups in total. The van der Waals surface area contributed by atoms with Crippen LogP contribution in [-0.2, 0) is 0 Å². The number of nitrogen functional groups attached to an aromatic ring is 1. The maximum atomic E-state index is 12.7. The molecule has 0 aliphatic rings. The van der Waals surface area contributed by atoms with Crippen molar-refractivity contribution < 1.29 is 4.79 Å². The second-order valence-electron chi connectivity index (χ2n) is 4.75. The van der Waals surface area contributed by atoms with Gasteiger partial charge in [-0.05, 0) is 31.2 Å². The minimum atomic E-state index is -0.0840. The molecular formula is C16H16N4O. The zero-order valence-electron chi connectivity index (χ0n) is 11.7. The number of aromatic amines is 1. The fourth-order valence-electron chi connectivity index (χ4n) is 2.41. The number of benzene rings is 1. The van der Waals surface area contributed by atoms with E-state index in [2.05, 4.69) is 9.97 Å². The standard InChI is InChI=1S/C16H16N4O/c1-2-20(12-6-8-18-9-7-12)16(21)14-10-11-4-3-5-13(17)15(11)19-14/h3-10,19H,2,17H2,1H3. The molecule has 0 aliphatic carbocycles. The Kier molecular flexibility index (Phi) is 3.31. The number of carbonyl (C=O) groups is 1. The molecule has 2 aromatic heterocycles. The van der Waals surface area contributed by atoms with Crippen LogP contribution >= 0.6 is 0 Å². The fraction of sp³-hybridized carbons (Fsp3) is 0.125. The molecule has 3 aromatic rings. The Morgan fingerprint density at radius 2 is 2.05 bits per heavy atom. The van der Waals surface area contributed by atoms with Gasteiger partial charge >= 0.3 is 0 Å². The summed E-state index contributed by atoms with van der Waals surface area (Å²) in [5, 5.41) is 0.934. The molecule has 1 aromatic carbocycles. The van der Waals surface area contributed by atoms with Gasteiger partial charge in [0.1, 0.15) is 5.69 Å². The van der Waals surface area contributed by atoms with Crippen molar-refractivity contribution >= 4 is 28.2 Å². The van der Waals surface area contributed by atoms with Crippen LogP contribution in [0.25, 0.3) is 10.9 Å². The first-order valence-corrected chi connectivity index (χ1v) is 6.80. The first-order valence-electron chi connectivity index (χ1n) is 6.80. The van der Waals surface area contributed by atoms with Gasteiger partial charge in [-0.3, -0.25) is 9.78 Å². The summed E-state index contributed by atoms with van der Waals surface area (Å²) in [6.45, 7) is 2.52. The number of pyridine rings is 1. The average Bonchev–Trinajstić information content (AvgIpc) is 2.95. The highest BCUT2D eigenvalue weighted by atomic mass is 16.2. The number of hydrogen-bond donors (Lipinski definition) is 2. The monoisotopic (exact) mass is 280 g/mol. The van der Waals surface area contributed by atoms with E-state index in [9.17, 15) is 4.79 Å². The van der Waals surface area contributed by atoms with E-state index in [4.69, 9.17) is 5.73 Å². The number of aromatic nitrogens is 2. The molecule has 106 valence electrons. The van der Waals surface area contributed by atoms with E-state index in [-0.39, 0.29) is 5.91 Å². The average molecular weight is 280 g/mol. The molecule has 1 amide bonds. The number of hydrogen-bond acceptors (Lipinski definition) is 3. The summed E-state index contributed by atoms with van der Waals surface area (Å²) in [4.78, 5) is 21.5. The van der Waals surface area contributed by atoms with Crippen molar-refractivity contribution in [1.82, 2.24) is 9.97 Å². The summed E-state index contributed by atoms with van der Waals surface area (Å²) < 4.78 is 0. The van der Waals surface area contributed by atoms with E-state index in [1.807, 2.05) is 43.3 Å². The molecule has 0 atom stereocenters. The second-order valence-corrected chi connectivity index (χ2v) is 4.75. The van der Waals surface area contributed by atoms with Crippen molar-refractivity contribution in [3.63, 3.8) is 0 Å². The van der Waals surface area contributed by atoms with Gasteiger partial charge in [0.25, 0.3) is 5.91 Å². The molecule has 5 nitrogen and oxygen atoms in total. The summed E-state index contributed by atoms with van der Waals surface area (Å²) in [5.74, 6) is -0.0840. The van der Waals surface area contributed by atoms with Crippen LogP contribution < -0.4 is 10.6 Å². The van der Waals surface area contributed by atoms with E-state index in [1.165, 1.54) is 0 Å². The minimum absolute atomic E-state index is 0.0840. The third-order valence-electron chi connectivity index (χ3n) is 3.45. The fourth-order valence-corrected chi connectivity index (χ4v) is 2.41. The number of carbonyl (C=O) groups excluding carboxylic acids is 1. The summed E-state index contributed by atoms with van der Waals surface area (Å²) >= 11 is 0. The summed E-state index contributed by atoms with van der Waals surface area (Å²) in [7, 11) is 0. The molecule has 0 bridgehead atoms. The summed E-state index contributed by atoms with van der Waals surface area (Å²) in [5.41, 5.74) is 8.71. The lowest BCUT2D eigenvalue weighted by atomic mass is 10.2. The molecule has 3 rings (SSSR count). The van der Waals surface area contributed by atoms with E-state index in [0.29, 0.717) is 17.9 Å². The maximum absolute atomic E-state index is 12.7. The minimum Gasteiger partial charge on any atom is -0.397 e. The molecule has 0 fully saturated rings. The highest BCUT2D eigenvalue weighted by Crippen LogP contribution is 2.23. The van der Waals surface area contributed by atoms with Crippen molar-refractivity contribution in [2.75, 3.05) is 17.2 Å². The number of rotatable bonds is 3. The van der Waals surface area contributed by atoms with E-state index >= 15 is 0 Å². The van der Waals surface area contributed by atoms with Gasteiger partial charge in [0.2, 0.25) is 0 Å². The maximum Gasteiger partial charge on any atom is 0.274 e. The van der Waals surface area contributed by atoms with Gasteiger partial charge in [-0.1, -0.05) is 12.1 Å². The Bertz CT molecular complexity index is 779.